The van der Waals surface area contributed by atoms with E-state index >= 15 is 0 Å². The molecule has 1 heterocycles. The number of likely N-dealkylation sites (tertiary alicyclic amines) is 1. The summed E-state index contributed by atoms with van der Waals surface area (Å²) in [5.41, 5.74) is 0. The van der Waals surface area contributed by atoms with Crippen LogP contribution in [0.5, 0.6) is 0 Å². The molecule has 3 heteroatoms. The van der Waals surface area contributed by atoms with Crippen molar-refractivity contribution in [3.63, 3.8) is 0 Å². The van der Waals surface area contributed by atoms with Crippen LogP contribution in [0, 0.1) is 11.8 Å². The molecule has 0 spiro atoms. The van der Waals surface area contributed by atoms with E-state index in [0.717, 1.165) is 0 Å². The first kappa shape index (κ1) is 12.5. The van der Waals surface area contributed by atoms with Crippen molar-refractivity contribution in [2.75, 3.05) is 13.1 Å². The molecule has 0 radical (unpaired) electrons. The van der Waals surface area contributed by atoms with Gasteiger partial charge in [-0.05, 0) is 57.5 Å². The molecule has 3 rings (SSSR count). The lowest BCUT2D eigenvalue weighted by atomic mass is 9.67. The summed E-state index contributed by atoms with van der Waals surface area (Å²) in [6, 6.07) is 0.688. The summed E-state index contributed by atoms with van der Waals surface area (Å²) in [6.07, 6.45) is 9.36. The number of fused-ring (bicyclic) bond motifs is 2. The average Bonchev–Trinajstić information content (AvgIpc) is 2.81. The predicted molar refractivity (Wildman–Crippen MR) is 70.2 cm³/mol. The Hall–Kier alpha value is -0.570. The van der Waals surface area contributed by atoms with E-state index in [1.807, 2.05) is 0 Å². The Kier molecular flexibility index (Phi) is 3.60. The summed E-state index contributed by atoms with van der Waals surface area (Å²) < 4.78 is 5.68. The fourth-order valence-corrected chi connectivity index (χ4v) is 4.51. The molecule has 2 aliphatic carbocycles. The molecule has 3 fully saturated rings. The van der Waals surface area contributed by atoms with E-state index in [1.54, 1.807) is 6.92 Å². The van der Waals surface area contributed by atoms with Crippen LogP contribution in [0.2, 0.25) is 0 Å². The molecule has 102 valence electrons. The molecule has 4 atom stereocenters. The Labute approximate surface area is 110 Å². The Morgan fingerprint density at radius 3 is 2.56 bits per heavy atom. The second-order valence-electron chi connectivity index (χ2n) is 6.32. The first-order chi connectivity index (χ1) is 8.75. The van der Waals surface area contributed by atoms with Crippen LogP contribution in [0.25, 0.3) is 0 Å². The number of hydrogen-bond donors (Lipinski definition) is 0. The largest absolute Gasteiger partial charge is 0.462 e. The normalized spacial score (nSPS) is 40.7. The van der Waals surface area contributed by atoms with Gasteiger partial charge in [0.15, 0.2) is 0 Å². The summed E-state index contributed by atoms with van der Waals surface area (Å²) in [5.74, 6) is 1.17. The lowest BCUT2D eigenvalue weighted by molar-refractivity contribution is -0.161. The van der Waals surface area contributed by atoms with Crippen LogP contribution in [-0.4, -0.2) is 36.1 Å². The molecule has 2 saturated carbocycles. The maximum Gasteiger partial charge on any atom is 0.302 e. The first-order valence-corrected chi connectivity index (χ1v) is 7.67. The van der Waals surface area contributed by atoms with E-state index in [2.05, 4.69) is 4.90 Å². The monoisotopic (exact) mass is 251 g/mol. The SMILES string of the molecule is CC(=O)O[C@H]1[C@H]2CCC[C@@H]1[C@H](N1CCCC1)CC2. The summed E-state index contributed by atoms with van der Waals surface area (Å²) >= 11 is 0. The number of carbonyl (C=O) groups is 1. The molecule has 3 aliphatic rings. The minimum absolute atomic E-state index is 0.0843. The molecule has 0 aromatic carbocycles. The molecule has 3 nitrogen and oxygen atoms in total. The van der Waals surface area contributed by atoms with Crippen molar-refractivity contribution in [1.82, 2.24) is 4.90 Å². The van der Waals surface area contributed by atoms with Crippen molar-refractivity contribution in [1.29, 1.82) is 0 Å². The van der Waals surface area contributed by atoms with Gasteiger partial charge in [-0.3, -0.25) is 9.69 Å². The third kappa shape index (κ3) is 2.29. The van der Waals surface area contributed by atoms with Crippen LogP contribution in [-0.2, 0) is 9.53 Å². The van der Waals surface area contributed by atoms with Crippen LogP contribution < -0.4 is 0 Å². The number of esters is 1. The molecule has 18 heavy (non-hydrogen) atoms. The number of hydrogen-bond acceptors (Lipinski definition) is 3. The van der Waals surface area contributed by atoms with Crippen molar-refractivity contribution in [3.05, 3.63) is 0 Å². The molecule has 1 aliphatic heterocycles. The summed E-state index contributed by atoms with van der Waals surface area (Å²) in [7, 11) is 0. The molecule has 2 bridgehead atoms. The standard InChI is InChI=1S/C15H25NO2/c1-11(17)18-15-12-5-4-6-13(15)14(8-7-12)16-9-2-3-10-16/h12-15H,2-10H2,1H3/t12-,13+,14+,15-/m0/s1. The van der Waals surface area contributed by atoms with Gasteiger partial charge < -0.3 is 4.74 Å². The zero-order chi connectivity index (χ0) is 12.5. The molecular formula is C15H25NO2. The van der Waals surface area contributed by atoms with E-state index in [4.69, 9.17) is 4.74 Å². The third-order valence-electron chi connectivity index (χ3n) is 5.24. The second kappa shape index (κ2) is 5.20. The minimum atomic E-state index is -0.0843. The molecule has 1 saturated heterocycles. The highest BCUT2D eigenvalue weighted by Crippen LogP contribution is 2.44. The number of carbonyl (C=O) groups excluding carboxylic acids is 1. The highest BCUT2D eigenvalue weighted by molar-refractivity contribution is 5.66. The Morgan fingerprint density at radius 1 is 1.06 bits per heavy atom. The van der Waals surface area contributed by atoms with E-state index in [1.165, 1.54) is 58.0 Å². The van der Waals surface area contributed by atoms with Crippen molar-refractivity contribution >= 4 is 5.97 Å². The van der Waals surface area contributed by atoms with E-state index in [9.17, 15) is 4.79 Å². The van der Waals surface area contributed by atoms with E-state index in [-0.39, 0.29) is 12.1 Å². The van der Waals surface area contributed by atoms with Gasteiger partial charge in [-0.2, -0.15) is 0 Å². The number of nitrogens with zero attached hydrogens (tertiary/aromatic N) is 1. The highest BCUT2D eigenvalue weighted by Gasteiger charge is 2.45. The molecular weight excluding hydrogens is 226 g/mol. The molecule has 0 amide bonds. The maximum atomic E-state index is 11.3. The Balaban J connectivity index is 1.74. The number of rotatable bonds is 2. The van der Waals surface area contributed by atoms with Gasteiger partial charge in [-0.15, -0.1) is 0 Å². The van der Waals surface area contributed by atoms with Gasteiger partial charge in [-0.1, -0.05) is 6.42 Å². The predicted octanol–water partition coefficient (Wildman–Crippen LogP) is 2.59. The average molecular weight is 251 g/mol. The minimum Gasteiger partial charge on any atom is -0.462 e. The topological polar surface area (TPSA) is 29.5 Å². The smallest absolute Gasteiger partial charge is 0.302 e. The van der Waals surface area contributed by atoms with E-state index < -0.39 is 0 Å². The summed E-state index contributed by atoms with van der Waals surface area (Å²) in [5, 5.41) is 0. The van der Waals surface area contributed by atoms with Crippen LogP contribution in [0.15, 0.2) is 0 Å². The second-order valence-corrected chi connectivity index (χ2v) is 6.32. The van der Waals surface area contributed by atoms with Crippen molar-refractivity contribution in [3.8, 4) is 0 Å². The highest BCUT2D eigenvalue weighted by atomic mass is 16.5. The van der Waals surface area contributed by atoms with Gasteiger partial charge in [0.1, 0.15) is 6.10 Å². The van der Waals surface area contributed by atoms with Gasteiger partial charge in [0.05, 0.1) is 0 Å². The molecule has 0 aromatic heterocycles. The number of ether oxygens (including phenoxy) is 1. The summed E-state index contributed by atoms with van der Waals surface area (Å²) in [4.78, 5) is 14.0. The fraction of sp³-hybridized carbons (Fsp3) is 0.933. The van der Waals surface area contributed by atoms with Crippen LogP contribution in [0.4, 0.5) is 0 Å². The zero-order valence-electron chi connectivity index (χ0n) is 11.4. The zero-order valence-corrected chi connectivity index (χ0v) is 11.4. The summed E-state index contributed by atoms with van der Waals surface area (Å²) in [6.45, 7) is 4.09. The Bertz CT molecular complexity index is 312. The van der Waals surface area contributed by atoms with Crippen LogP contribution in [0.1, 0.15) is 51.9 Å². The van der Waals surface area contributed by atoms with Crippen molar-refractivity contribution < 1.29 is 9.53 Å². The van der Waals surface area contributed by atoms with Gasteiger partial charge in [0, 0.05) is 18.9 Å². The maximum absolute atomic E-state index is 11.3. The molecule has 0 N–H and O–H groups in total. The third-order valence-corrected chi connectivity index (χ3v) is 5.24. The van der Waals surface area contributed by atoms with Gasteiger partial charge in [0.2, 0.25) is 0 Å². The first-order valence-electron chi connectivity index (χ1n) is 7.67. The van der Waals surface area contributed by atoms with Crippen LogP contribution >= 0.6 is 0 Å². The fourth-order valence-electron chi connectivity index (χ4n) is 4.51. The van der Waals surface area contributed by atoms with Crippen molar-refractivity contribution in [2.45, 2.75) is 64.0 Å². The lowest BCUT2D eigenvalue weighted by Crippen LogP contribution is -2.52. The molecule has 0 unspecified atom stereocenters. The van der Waals surface area contributed by atoms with Gasteiger partial charge in [0.25, 0.3) is 0 Å². The van der Waals surface area contributed by atoms with Crippen molar-refractivity contribution in [2.24, 2.45) is 11.8 Å². The quantitative estimate of drug-likeness (QED) is 0.707. The lowest BCUT2D eigenvalue weighted by Gasteiger charge is -2.48. The Morgan fingerprint density at radius 2 is 1.83 bits per heavy atom. The van der Waals surface area contributed by atoms with Gasteiger partial charge in [-0.25, -0.2) is 0 Å². The molecule has 0 aromatic rings. The van der Waals surface area contributed by atoms with Crippen LogP contribution in [0.3, 0.4) is 0 Å². The van der Waals surface area contributed by atoms with E-state index in [0.29, 0.717) is 17.9 Å². The van der Waals surface area contributed by atoms with Gasteiger partial charge >= 0.3 is 5.97 Å².